The van der Waals surface area contributed by atoms with Crippen LogP contribution in [0.1, 0.15) is 49.3 Å². The Labute approximate surface area is 141 Å². The molecule has 0 radical (unpaired) electrons. The topological polar surface area (TPSA) is 63.4 Å². The van der Waals surface area contributed by atoms with Crippen LogP contribution < -0.4 is 20.3 Å². The molecule has 3 atom stereocenters. The lowest BCUT2D eigenvalue weighted by molar-refractivity contribution is 0.174. The first-order valence-corrected chi connectivity index (χ1v) is 8.53. The zero-order chi connectivity index (χ0) is 16.5. The van der Waals surface area contributed by atoms with Crippen molar-refractivity contribution in [3.63, 3.8) is 0 Å². The minimum atomic E-state index is -0.0390. The number of aromatic nitrogens is 1. The molecule has 1 fully saturated rings. The number of ether oxygens (including phenoxy) is 2. The van der Waals surface area contributed by atoms with Crippen molar-refractivity contribution >= 4 is 0 Å². The standard InChI is InChI=1S/C19H22N2O3/c1-12(13-3-6-17-18(9-13)24-11-23-17)21-16-5-2-14(8-16)15-4-7-19(22)20-10-15/h3-4,6-7,9-10,12,14,16,21H,2,5,8,11H2,1H3,(H,20,22)/t12-,14+,16?/m1/s1. The second-order valence-corrected chi connectivity index (χ2v) is 6.69. The average molecular weight is 326 g/mol. The summed E-state index contributed by atoms with van der Waals surface area (Å²) in [5.74, 6) is 2.17. The van der Waals surface area contributed by atoms with Gasteiger partial charge in [0.25, 0.3) is 0 Å². The molecule has 0 bridgehead atoms. The first kappa shape index (κ1) is 15.3. The third kappa shape index (κ3) is 3.04. The van der Waals surface area contributed by atoms with Gasteiger partial charge in [0, 0.05) is 24.3 Å². The smallest absolute Gasteiger partial charge is 0.247 e. The van der Waals surface area contributed by atoms with E-state index in [2.05, 4.69) is 29.4 Å². The Bertz CT molecular complexity index is 766. The summed E-state index contributed by atoms with van der Waals surface area (Å²) in [4.78, 5) is 14.0. The van der Waals surface area contributed by atoms with Gasteiger partial charge in [-0.25, -0.2) is 0 Å². The van der Waals surface area contributed by atoms with Gasteiger partial charge in [-0.1, -0.05) is 12.1 Å². The summed E-state index contributed by atoms with van der Waals surface area (Å²) in [5.41, 5.74) is 2.41. The van der Waals surface area contributed by atoms with Crippen LogP contribution in [0.15, 0.2) is 41.3 Å². The van der Waals surface area contributed by atoms with Crippen molar-refractivity contribution in [2.75, 3.05) is 6.79 Å². The Morgan fingerprint density at radius 3 is 2.88 bits per heavy atom. The van der Waals surface area contributed by atoms with Crippen LogP contribution in [0.25, 0.3) is 0 Å². The molecule has 2 aliphatic rings. The molecule has 1 saturated carbocycles. The fraction of sp³-hybridized carbons (Fsp3) is 0.421. The number of nitrogens with one attached hydrogen (secondary N) is 2. The number of rotatable bonds is 4. The summed E-state index contributed by atoms with van der Waals surface area (Å²) in [7, 11) is 0. The fourth-order valence-corrected chi connectivity index (χ4v) is 3.74. The van der Waals surface area contributed by atoms with Gasteiger partial charge >= 0.3 is 0 Å². The number of aromatic amines is 1. The van der Waals surface area contributed by atoms with Gasteiger partial charge in [-0.3, -0.25) is 4.79 Å². The quantitative estimate of drug-likeness (QED) is 0.906. The first-order chi connectivity index (χ1) is 11.7. The molecule has 1 aromatic carbocycles. The molecule has 1 aliphatic heterocycles. The van der Waals surface area contributed by atoms with Gasteiger partial charge in [0.05, 0.1) is 0 Å². The molecule has 0 spiro atoms. The van der Waals surface area contributed by atoms with Crippen LogP contribution in [0, 0.1) is 0 Å². The maximum absolute atomic E-state index is 11.2. The molecule has 1 aromatic heterocycles. The highest BCUT2D eigenvalue weighted by atomic mass is 16.7. The fourth-order valence-electron chi connectivity index (χ4n) is 3.74. The average Bonchev–Trinajstić information content (AvgIpc) is 3.24. The molecule has 1 aliphatic carbocycles. The molecule has 126 valence electrons. The molecule has 5 heteroatoms. The Morgan fingerprint density at radius 1 is 1.17 bits per heavy atom. The Hall–Kier alpha value is -2.27. The largest absolute Gasteiger partial charge is 0.454 e. The number of hydrogen-bond acceptors (Lipinski definition) is 4. The van der Waals surface area contributed by atoms with Gasteiger partial charge in [0.2, 0.25) is 12.4 Å². The summed E-state index contributed by atoms with van der Waals surface area (Å²) in [6.45, 7) is 2.49. The van der Waals surface area contributed by atoms with E-state index in [0.717, 1.165) is 30.8 Å². The molecule has 2 N–H and O–H groups in total. The van der Waals surface area contributed by atoms with Gasteiger partial charge in [-0.2, -0.15) is 0 Å². The second-order valence-electron chi connectivity index (χ2n) is 6.69. The number of fused-ring (bicyclic) bond motifs is 1. The van der Waals surface area contributed by atoms with Crippen molar-refractivity contribution in [1.29, 1.82) is 0 Å². The van der Waals surface area contributed by atoms with Crippen molar-refractivity contribution in [1.82, 2.24) is 10.3 Å². The van der Waals surface area contributed by atoms with Gasteiger partial charge in [0.15, 0.2) is 11.5 Å². The minimum absolute atomic E-state index is 0.0390. The van der Waals surface area contributed by atoms with Crippen LogP contribution in [-0.4, -0.2) is 17.8 Å². The van der Waals surface area contributed by atoms with Gasteiger partial charge in [0.1, 0.15) is 0 Å². The van der Waals surface area contributed by atoms with E-state index in [1.165, 1.54) is 11.1 Å². The molecule has 0 amide bonds. The molecular formula is C19H22N2O3. The highest BCUT2D eigenvalue weighted by Crippen LogP contribution is 2.37. The first-order valence-electron chi connectivity index (χ1n) is 8.53. The number of benzene rings is 1. The van der Waals surface area contributed by atoms with E-state index in [4.69, 9.17) is 9.47 Å². The van der Waals surface area contributed by atoms with Crippen LogP contribution in [-0.2, 0) is 0 Å². The van der Waals surface area contributed by atoms with E-state index in [1.54, 1.807) is 6.07 Å². The Kier molecular flexibility index (Phi) is 4.02. The minimum Gasteiger partial charge on any atom is -0.454 e. The van der Waals surface area contributed by atoms with E-state index in [0.29, 0.717) is 18.8 Å². The zero-order valence-corrected chi connectivity index (χ0v) is 13.7. The van der Waals surface area contributed by atoms with Crippen molar-refractivity contribution in [3.8, 4) is 11.5 Å². The number of pyridine rings is 1. The molecule has 2 aromatic rings. The van der Waals surface area contributed by atoms with Crippen LogP contribution in [0.5, 0.6) is 11.5 Å². The number of H-pyrrole nitrogens is 1. The lowest BCUT2D eigenvalue weighted by Crippen LogP contribution is -2.29. The van der Waals surface area contributed by atoms with Gasteiger partial charge < -0.3 is 19.8 Å². The van der Waals surface area contributed by atoms with Crippen LogP contribution >= 0.6 is 0 Å². The molecule has 4 rings (SSSR count). The highest BCUT2D eigenvalue weighted by molar-refractivity contribution is 5.45. The van der Waals surface area contributed by atoms with E-state index >= 15 is 0 Å². The molecular weight excluding hydrogens is 304 g/mol. The Morgan fingerprint density at radius 2 is 2.04 bits per heavy atom. The summed E-state index contributed by atoms with van der Waals surface area (Å²) in [5, 5.41) is 3.73. The molecule has 2 heterocycles. The lowest BCUT2D eigenvalue weighted by atomic mass is 9.99. The Balaban J connectivity index is 1.39. The summed E-state index contributed by atoms with van der Waals surface area (Å²) < 4.78 is 10.8. The predicted octanol–water partition coefficient (Wildman–Crippen LogP) is 3.09. The highest BCUT2D eigenvalue weighted by Gasteiger charge is 2.27. The van der Waals surface area contributed by atoms with E-state index in [-0.39, 0.29) is 11.6 Å². The second kappa shape index (κ2) is 6.32. The molecule has 24 heavy (non-hydrogen) atoms. The predicted molar refractivity (Wildman–Crippen MR) is 91.6 cm³/mol. The van der Waals surface area contributed by atoms with Crippen molar-refractivity contribution in [2.45, 2.75) is 44.2 Å². The summed E-state index contributed by atoms with van der Waals surface area (Å²) in [6, 6.07) is 10.5. The van der Waals surface area contributed by atoms with E-state index in [9.17, 15) is 4.79 Å². The third-order valence-corrected chi connectivity index (χ3v) is 5.09. The third-order valence-electron chi connectivity index (χ3n) is 5.09. The summed E-state index contributed by atoms with van der Waals surface area (Å²) in [6.07, 6.45) is 5.26. The van der Waals surface area contributed by atoms with Gasteiger partial charge in [-0.15, -0.1) is 0 Å². The monoisotopic (exact) mass is 326 g/mol. The van der Waals surface area contributed by atoms with Gasteiger partial charge in [-0.05, 0) is 55.4 Å². The van der Waals surface area contributed by atoms with E-state index < -0.39 is 0 Å². The molecule has 1 unspecified atom stereocenters. The van der Waals surface area contributed by atoms with Crippen molar-refractivity contribution < 1.29 is 9.47 Å². The van der Waals surface area contributed by atoms with Crippen LogP contribution in [0.3, 0.4) is 0 Å². The lowest BCUT2D eigenvalue weighted by Gasteiger charge is -2.20. The zero-order valence-electron chi connectivity index (χ0n) is 13.7. The van der Waals surface area contributed by atoms with Crippen molar-refractivity contribution in [3.05, 3.63) is 58.0 Å². The SMILES string of the molecule is C[C@@H](NC1CC[C@H](c2ccc(=O)[nH]c2)C1)c1ccc2c(c1)OCO2. The normalized spacial score (nSPS) is 23.4. The maximum Gasteiger partial charge on any atom is 0.247 e. The maximum atomic E-state index is 11.2. The molecule has 5 nitrogen and oxygen atoms in total. The van der Waals surface area contributed by atoms with Crippen LogP contribution in [0.4, 0.5) is 0 Å². The molecule has 0 saturated heterocycles. The number of hydrogen-bond donors (Lipinski definition) is 2. The summed E-state index contributed by atoms with van der Waals surface area (Å²) >= 11 is 0. The van der Waals surface area contributed by atoms with E-state index in [1.807, 2.05) is 18.3 Å². The van der Waals surface area contributed by atoms with Crippen molar-refractivity contribution in [2.24, 2.45) is 0 Å². The van der Waals surface area contributed by atoms with Crippen LogP contribution in [0.2, 0.25) is 0 Å².